The van der Waals surface area contributed by atoms with Crippen LogP contribution in [0.5, 0.6) is 0 Å². The van der Waals surface area contributed by atoms with E-state index in [4.69, 9.17) is 16.3 Å². The van der Waals surface area contributed by atoms with E-state index in [1.807, 2.05) is 30.3 Å². The molecular formula is C23H26ClFN2O5S. The van der Waals surface area contributed by atoms with E-state index in [0.29, 0.717) is 19.4 Å². The van der Waals surface area contributed by atoms with Crippen molar-refractivity contribution in [3.05, 3.63) is 64.9 Å². The van der Waals surface area contributed by atoms with Gasteiger partial charge in [0.25, 0.3) is 0 Å². The van der Waals surface area contributed by atoms with Crippen LogP contribution in [0.2, 0.25) is 5.02 Å². The van der Waals surface area contributed by atoms with Gasteiger partial charge < -0.3 is 9.64 Å². The average Bonchev–Trinajstić information content (AvgIpc) is 2.83. The molecule has 0 unspecified atom stereocenters. The maximum absolute atomic E-state index is 13.4. The second-order valence-corrected chi connectivity index (χ2v) is 10.2. The molecule has 0 aromatic heterocycles. The first-order valence-electron chi connectivity index (χ1n) is 10.6. The Morgan fingerprint density at radius 3 is 2.42 bits per heavy atom. The molecule has 178 valence electrons. The minimum absolute atomic E-state index is 0.0770. The smallest absolute Gasteiger partial charge is 0.307 e. The lowest BCUT2D eigenvalue weighted by Crippen LogP contribution is -2.44. The molecule has 1 aliphatic heterocycles. The highest BCUT2D eigenvalue weighted by Gasteiger charge is 2.34. The summed E-state index contributed by atoms with van der Waals surface area (Å²) in [6.45, 7) is 0.879. The Labute approximate surface area is 198 Å². The van der Waals surface area contributed by atoms with Crippen molar-refractivity contribution in [3.63, 3.8) is 0 Å². The normalized spacial score (nSPS) is 15.2. The molecule has 1 heterocycles. The van der Waals surface area contributed by atoms with Crippen LogP contribution in [0.4, 0.5) is 4.39 Å². The molecule has 1 aliphatic rings. The van der Waals surface area contributed by atoms with Crippen LogP contribution >= 0.6 is 11.6 Å². The second-order valence-electron chi connectivity index (χ2n) is 7.83. The number of esters is 1. The summed E-state index contributed by atoms with van der Waals surface area (Å²) in [6, 6.07) is 12.7. The van der Waals surface area contributed by atoms with E-state index in [1.54, 1.807) is 4.90 Å². The number of rotatable bonds is 8. The van der Waals surface area contributed by atoms with E-state index in [-0.39, 0.29) is 47.8 Å². The Bertz CT molecular complexity index is 1090. The van der Waals surface area contributed by atoms with Crippen LogP contribution in [0.15, 0.2) is 53.4 Å². The fourth-order valence-corrected chi connectivity index (χ4v) is 5.53. The molecule has 3 rings (SSSR count). The maximum Gasteiger partial charge on any atom is 0.307 e. The van der Waals surface area contributed by atoms with Crippen LogP contribution in [-0.4, -0.2) is 56.2 Å². The number of benzene rings is 2. The summed E-state index contributed by atoms with van der Waals surface area (Å²) in [5, 5.41) is -0.261. The van der Waals surface area contributed by atoms with Gasteiger partial charge >= 0.3 is 5.97 Å². The number of methoxy groups -OCH3 is 1. The number of carbonyl (C=O) groups is 2. The highest BCUT2D eigenvalue weighted by atomic mass is 35.5. The summed E-state index contributed by atoms with van der Waals surface area (Å²) >= 11 is 5.75. The van der Waals surface area contributed by atoms with E-state index >= 15 is 0 Å². The van der Waals surface area contributed by atoms with Crippen molar-refractivity contribution in [1.29, 1.82) is 0 Å². The van der Waals surface area contributed by atoms with E-state index < -0.39 is 21.8 Å². The van der Waals surface area contributed by atoms with Gasteiger partial charge in [0.15, 0.2) is 0 Å². The van der Waals surface area contributed by atoms with Gasteiger partial charge in [0.05, 0.1) is 23.4 Å². The fraction of sp³-hybridized carbons (Fsp3) is 0.391. The van der Waals surface area contributed by atoms with Crippen LogP contribution in [0.25, 0.3) is 0 Å². The minimum Gasteiger partial charge on any atom is -0.469 e. The van der Waals surface area contributed by atoms with Gasteiger partial charge in [-0.15, -0.1) is 0 Å². The summed E-state index contributed by atoms with van der Waals surface area (Å²) in [6.07, 6.45) is 0.765. The molecule has 2 aromatic carbocycles. The van der Waals surface area contributed by atoms with Crippen LogP contribution in [0.3, 0.4) is 0 Å². The fourth-order valence-electron chi connectivity index (χ4n) is 3.79. The zero-order chi connectivity index (χ0) is 24.0. The van der Waals surface area contributed by atoms with Crippen molar-refractivity contribution < 1.29 is 27.1 Å². The summed E-state index contributed by atoms with van der Waals surface area (Å²) in [5.41, 5.74) is 0.934. The van der Waals surface area contributed by atoms with Gasteiger partial charge in [-0.25, -0.2) is 12.8 Å². The van der Waals surface area contributed by atoms with Gasteiger partial charge in [-0.3, -0.25) is 9.59 Å². The first-order valence-corrected chi connectivity index (χ1v) is 12.4. The number of amides is 1. The predicted molar refractivity (Wildman–Crippen MR) is 121 cm³/mol. The van der Waals surface area contributed by atoms with Crippen LogP contribution in [0, 0.1) is 11.7 Å². The van der Waals surface area contributed by atoms with Gasteiger partial charge in [-0.2, -0.15) is 4.31 Å². The SMILES string of the molecule is COC(=O)CCN(Cc1ccccc1)C(=O)C1CCN(S(=O)(=O)c2ccc(F)c(Cl)c2)CC1. The number of piperidine rings is 1. The standard InChI is InChI=1S/C23H26ClFN2O5S/c1-32-22(28)11-12-26(16-17-5-3-2-4-6-17)23(29)18-9-13-27(14-10-18)33(30,31)19-7-8-21(25)20(24)15-19/h2-8,15,18H,9-14,16H2,1H3. The van der Waals surface area contributed by atoms with Crippen LogP contribution in [0.1, 0.15) is 24.8 Å². The van der Waals surface area contributed by atoms with Crippen molar-refractivity contribution in [2.24, 2.45) is 5.92 Å². The van der Waals surface area contributed by atoms with E-state index in [1.165, 1.54) is 17.5 Å². The number of hydrogen-bond acceptors (Lipinski definition) is 5. The van der Waals surface area contributed by atoms with Crippen molar-refractivity contribution in [3.8, 4) is 0 Å². The highest BCUT2D eigenvalue weighted by molar-refractivity contribution is 7.89. The molecule has 10 heteroatoms. The summed E-state index contributed by atoms with van der Waals surface area (Å²) < 4.78 is 45.2. The van der Waals surface area contributed by atoms with Gasteiger partial charge in [0.1, 0.15) is 5.82 Å². The summed E-state index contributed by atoms with van der Waals surface area (Å²) in [7, 11) is -2.55. The number of sulfonamides is 1. The van der Waals surface area contributed by atoms with E-state index in [2.05, 4.69) is 0 Å². The molecule has 1 saturated heterocycles. The number of nitrogens with zero attached hydrogens (tertiary/aromatic N) is 2. The number of halogens is 2. The van der Waals surface area contributed by atoms with Crippen molar-refractivity contribution in [1.82, 2.24) is 9.21 Å². The third-order valence-corrected chi connectivity index (χ3v) is 7.86. The topological polar surface area (TPSA) is 84.0 Å². The summed E-state index contributed by atoms with van der Waals surface area (Å²) in [4.78, 5) is 26.4. The molecule has 2 aromatic rings. The van der Waals surface area contributed by atoms with Crippen LogP contribution in [-0.2, 0) is 30.9 Å². The van der Waals surface area contributed by atoms with Crippen molar-refractivity contribution >= 4 is 33.5 Å². The molecular weight excluding hydrogens is 471 g/mol. The highest BCUT2D eigenvalue weighted by Crippen LogP contribution is 2.27. The first kappa shape index (κ1) is 25.1. The number of carbonyl (C=O) groups excluding carboxylic acids is 2. The van der Waals surface area contributed by atoms with E-state index in [0.717, 1.165) is 17.7 Å². The Kier molecular flexibility index (Phi) is 8.45. The molecule has 0 atom stereocenters. The Morgan fingerprint density at radius 1 is 1.15 bits per heavy atom. The Balaban J connectivity index is 1.67. The molecule has 1 amide bonds. The Hall–Kier alpha value is -2.49. The lowest BCUT2D eigenvalue weighted by atomic mass is 9.96. The van der Waals surface area contributed by atoms with Gasteiger partial charge in [0.2, 0.25) is 15.9 Å². The lowest BCUT2D eigenvalue weighted by molar-refractivity contribution is -0.143. The molecule has 1 fully saturated rings. The molecule has 0 radical (unpaired) electrons. The predicted octanol–water partition coefficient (Wildman–Crippen LogP) is 3.47. The van der Waals surface area contributed by atoms with E-state index in [9.17, 15) is 22.4 Å². The first-order chi connectivity index (χ1) is 15.7. The average molecular weight is 497 g/mol. The lowest BCUT2D eigenvalue weighted by Gasteiger charge is -2.33. The monoisotopic (exact) mass is 496 g/mol. The zero-order valence-corrected chi connectivity index (χ0v) is 19.8. The molecule has 0 spiro atoms. The van der Waals surface area contributed by atoms with Crippen molar-refractivity contribution in [2.75, 3.05) is 26.7 Å². The molecule has 0 saturated carbocycles. The molecule has 7 nitrogen and oxygen atoms in total. The third-order valence-electron chi connectivity index (χ3n) is 5.67. The van der Waals surface area contributed by atoms with Crippen LogP contribution < -0.4 is 0 Å². The minimum atomic E-state index is -3.85. The number of ether oxygens (including phenoxy) is 1. The zero-order valence-electron chi connectivity index (χ0n) is 18.2. The third kappa shape index (κ3) is 6.31. The molecule has 0 aliphatic carbocycles. The van der Waals surface area contributed by atoms with Gasteiger partial charge in [-0.05, 0) is 36.6 Å². The number of hydrogen-bond donors (Lipinski definition) is 0. The van der Waals surface area contributed by atoms with Crippen molar-refractivity contribution in [2.45, 2.75) is 30.7 Å². The maximum atomic E-state index is 13.4. The Morgan fingerprint density at radius 2 is 1.82 bits per heavy atom. The largest absolute Gasteiger partial charge is 0.469 e. The van der Waals surface area contributed by atoms with Gasteiger partial charge in [-0.1, -0.05) is 41.9 Å². The molecule has 0 N–H and O–H groups in total. The quantitative estimate of drug-likeness (QED) is 0.522. The molecule has 0 bridgehead atoms. The molecule has 33 heavy (non-hydrogen) atoms. The van der Waals surface area contributed by atoms with Gasteiger partial charge in [0, 0.05) is 32.1 Å². The second kappa shape index (κ2) is 11.1. The summed E-state index contributed by atoms with van der Waals surface area (Å²) in [5.74, 6) is -1.58.